The molecular formula is C15H15N3O. The lowest BCUT2D eigenvalue weighted by molar-refractivity contribution is 0.0955. The molecule has 0 radical (unpaired) electrons. The van der Waals surface area contributed by atoms with Crippen LogP contribution in [0.4, 0.5) is 5.69 Å². The number of nitrogens with one attached hydrogen (secondary N) is 1. The number of hydrogen-bond acceptors (Lipinski definition) is 3. The Labute approximate surface area is 112 Å². The van der Waals surface area contributed by atoms with E-state index in [0.717, 1.165) is 11.3 Å². The summed E-state index contributed by atoms with van der Waals surface area (Å²) in [5.41, 5.74) is 11.0. The van der Waals surface area contributed by atoms with E-state index >= 15 is 0 Å². The predicted molar refractivity (Wildman–Crippen MR) is 77.0 cm³/mol. The Morgan fingerprint density at radius 2 is 1.63 bits per heavy atom. The van der Waals surface area contributed by atoms with Gasteiger partial charge in [0.1, 0.15) is 0 Å². The Bertz CT molecular complexity index is 589. The Morgan fingerprint density at radius 3 is 2.26 bits per heavy atom. The number of nitrogens with two attached hydrogens (primary N) is 1. The Hall–Kier alpha value is -2.62. The number of carbonyl (C=O) groups excluding carboxylic acids is 1. The second kappa shape index (κ2) is 5.82. The SMILES string of the molecule is C/C(=N\NC(=O)c1ccc(N)cc1)c1ccccc1. The molecule has 0 saturated carbocycles. The van der Waals surface area contributed by atoms with Crippen molar-refractivity contribution in [3.63, 3.8) is 0 Å². The Kier molecular flexibility index (Phi) is 3.93. The third kappa shape index (κ3) is 3.42. The monoisotopic (exact) mass is 253 g/mol. The van der Waals surface area contributed by atoms with E-state index in [-0.39, 0.29) is 5.91 Å². The van der Waals surface area contributed by atoms with Gasteiger partial charge in [0.2, 0.25) is 0 Å². The first-order chi connectivity index (χ1) is 9.16. The minimum Gasteiger partial charge on any atom is -0.399 e. The van der Waals surface area contributed by atoms with Crippen LogP contribution in [0.2, 0.25) is 0 Å². The number of hydrogen-bond donors (Lipinski definition) is 2. The Morgan fingerprint density at radius 1 is 1.00 bits per heavy atom. The maximum absolute atomic E-state index is 11.8. The van der Waals surface area contributed by atoms with E-state index in [1.807, 2.05) is 37.3 Å². The van der Waals surface area contributed by atoms with Gasteiger partial charge in [0.15, 0.2) is 0 Å². The third-order valence-electron chi connectivity index (χ3n) is 2.69. The van der Waals surface area contributed by atoms with Gasteiger partial charge in [0.05, 0.1) is 5.71 Å². The number of anilines is 1. The summed E-state index contributed by atoms with van der Waals surface area (Å²) >= 11 is 0. The zero-order chi connectivity index (χ0) is 13.7. The lowest BCUT2D eigenvalue weighted by atomic mass is 10.1. The zero-order valence-corrected chi connectivity index (χ0v) is 10.6. The topological polar surface area (TPSA) is 67.5 Å². The van der Waals surface area contributed by atoms with Gasteiger partial charge in [-0.15, -0.1) is 0 Å². The normalized spacial score (nSPS) is 11.1. The van der Waals surface area contributed by atoms with E-state index < -0.39 is 0 Å². The van der Waals surface area contributed by atoms with Crippen molar-refractivity contribution in [3.8, 4) is 0 Å². The maximum atomic E-state index is 11.8. The summed E-state index contributed by atoms with van der Waals surface area (Å²) in [5, 5.41) is 4.08. The van der Waals surface area contributed by atoms with Gasteiger partial charge in [-0.1, -0.05) is 30.3 Å². The molecule has 0 heterocycles. The van der Waals surface area contributed by atoms with Gasteiger partial charge in [-0.25, -0.2) is 5.43 Å². The van der Waals surface area contributed by atoms with E-state index in [2.05, 4.69) is 10.5 Å². The molecular weight excluding hydrogens is 238 g/mol. The molecule has 0 unspecified atom stereocenters. The van der Waals surface area contributed by atoms with Crippen molar-refractivity contribution in [3.05, 3.63) is 65.7 Å². The van der Waals surface area contributed by atoms with Crippen LogP contribution >= 0.6 is 0 Å². The molecule has 1 amide bonds. The predicted octanol–water partition coefficient (Wildman–Crippen LogP) is 2.42. The number of hydrazone groups is 1. The third-order valence-corrected chi connectivity index (χ3v) is 2.69. The lowest BCUT2D eigenvalue weighted by Gasteiger charge is -2.03. The summed E-state index contributed by atoms with van der Waals surface area (Å²) in [6, 6.07) is 16.4. The highest BCUT2D eigenvalue weighted by atomic mass is 16.2. The van der Waals surface area contributed by atoms with Crippen molar-refractivity contribution in [2.75, 3.05) is 5.73 Å². The van der Waals surface area contributed by atoms with E-state index in [0.29, 0.717) is 11.3 Å². The van der Waals surface area contributed by atoms with Gasteiger partial charge in [-0.05, 0) is 36.8 Å². The van der Waals surface area contributed by atoms with Gasteiger partial charge >= 0.3 is 0 Å². The molecule has 0 saturated heterocycles. The summed E-state index contributed by atoms with van der Waals surface area (Å²) < 4.78 is 0. The van der Waals surface area contributed by atoms with Crippen molar-refractivity contribution in [1.82, 2.24) is 5.43 Å². The van der Waals surface area contributed by atoms with Crippen LogP contribution in [0.3, 0.4) is 0 Å². The average Bonchev–Trinajstić information content (AvgIpc) is 2.46. The summed E-state index contributed by atoms with van der Waals surface area (Å²) in [7, 11) is 0. The summed E-state index contributed by atoms with van der Waals surface area (Å²) in [6.07, 6.45) is 0. The second-order valence-electron chi connectivity index (χ2n) is 4.13. The van der Waals surface area contributed by atoms with Crippen molar-refractivity contribution in [1.29, 1.82) is 0 Å². The lowest BCUT2D eigenvalue weighted by Crippen LogP contribution is -2.19. The van der Waals surface area contributed by atoms with E-state index in [4.69, 9.17) is 5.73 Å². The van der Waals surface area contributed by atoms with Crippen molar-refractivity contribution in [2.45, 2.75) is 6.92 Å². The zero-order valence-electron chi connectivity index (χ0n) is 10.6. The highest BCUT2D eigenvalue weighted by Gasteiger charge is 2.04. The quantitative estimate of drug-likeness (QED) is 0.501. The van der Waals surface area contributed by atoms with Crippen molar-refractivity contribution < 1.29 is 4.79 Å². The first kappa shape index (κ1) is 12.8. The Balaban J connectivity index is 2.06. The molecule has 0 aromatic heterocycles. The van der Waals surface area contributed by atoms with Crippen LogP contribution in [0.25, 0.3) is 0 Å². The van der Waals surface area contributed by atoms with Crippen LogP contribution in [0.15, 0.2) is 59.7 Å². The van der Waals surface area contributed by atoms with Crippen molar-refractivity contribution >= 4 is 17.3 Å². The first-order valence-corrected chi connectivity index (χ1v) is 5.92. The second-order valence-corrected chi connectivity index (χ2v) is 4.13. The number of carbonyl (C=O) groups is 1. The fourth-order valence-corrected chi connectivity index (χ4v) is 1.58. The van der Waals surface area contributed by atoms with E-state index in [9.17, 15) is 4.79 Å². The van der Waals surface area contributed by atoms with Gasteiger partial charge in [0, 0.05) is 11.3 Å². The molecule has 96 valence electrons. The minimum absolute atomic E-state index is 0.254. The summed E-state index contributed by atoms with van der Waals surface area (Å²) in [6.45, 7) is 1.85. The molecule has 4 nitrogen and oxygen atoms in total. The van der Waals surface area contributed by atoms with E-state index in [1.54, 1.807) is 24.3 Å². The standard InChI is InChI=1S/C15H15N3O/c1-11(12-5-3-2-4-6-12)17-18-15(19)13-7-9-14(16)10-8-13/h2-10H,16H2,1H3,(H,18,19)/b17-11+. The molecule has 2 aromatic carbocycles. The molecule has 0 aliphatic rings. The fourth-order valence-electron chi connectivity index (χ4n) is 1.58. The first-order valence-electron chi connectivity index (χ1n) is 5.92. The smallest absolute Gasteiger partial charge is 0.271 e. The van der Waals surface area contributed by atoms with Crippen LogP contribution < -0.4 is 11.2 Å². The van der Waals surface area contributed by atoms with Gasteiger partial charge in [-0.2, -0.15) is 5.10 Å². The molecule has 0 aliphatic heterocycles. The van der Waals surface area contributed by atoms with E-state index in [1.165, 1.54) is 0 Å². The van der Waals surface area contributed by atoms with Crippen LogP contribution in [-0.4, -0.2) is 11.6 Å². The van der Waals surface area contributed by atoms with Gasteiger partial charge in [0.25, 0.3) is 5.91 Å². The molecule has 4 heteroatoms. The van der Waals surface area contributed by atoms with Crippen LogP contribution in [0.5, 0.6) is 0 Å². The highest BCUT2D eigenvalue weighted by Crippen LogP contribution is 2.05. The summed E-state index contributed by atoms with van der Waals surface area (Å²) in [4.78, 5) is 11.8. The summed E-state index contributed by atoms with van der Waals surface area (Å²) in [5.74, 6) is -0.254. The average molecular weight is 253 g/mol. The molecule has 3 N–H and O–H groups in total. The van der Waals surface area contributed by atoms with Crippen LogP contribution in [-0.2, 0) is 0 Å². The highest BCUT2D eigenvalue weighted by molar-refractivity contribution is 6.00. The molecule has 0 spiro atoms. The van der Waals surface area contributed by atoms with Crippen LogP contribution in [0.1, 0.15) is 22.8 Å². The fraction of sp³-hybridized carbons (Fsp3) is 0.0667. The van der Waals surface area contributed by atoms with Crippen molar-refractivity contribution in [2.24, 2.45) is 5.10 Å². The number of nitrogens with zero attached hydrogens (tertiary/aromatic N) is 1. The number of rotatable bonds is 3. The number of amides is 1. The molecule has 19 heavy (non-hydrogen) atoms. The minimum atomic E-state index is -0.254. The molecule has 2 aromatic rings. The molecule has 0 bridgehead atoms. The maximum Gasteiger partial charge on any atom is 0.271 e. The van der Waals surface area contributed by atoms with Gasteiger partial charge < -0.3 is 5.73 Å². The number of nitrogen functional groups attached to an aromatic ring is 1. The molecule has 0 aliphatic carbocycles. The molecule has 2 rings (SSSR count). The molecule has 0 atom stereocenters. The van der Waals surface area contributed by atoms with Crippen LogP contribution in [0, 0.1) is 0 Å². The largest absolute Gasteiger partial charge is 0.399 e. The van der Waals surface area contributed by atoms with Gasteiger partial charge in [-0.3, -0.25) is 4.79 Å². The number of benzene rings is 2. The molecule has 0 fully saturated rings.